The highest BCUT2D eigenvalue weighted by Gasteiger charge is 1.94. The first-order valence-electron chi connectivity index (χ1n) is 2.00. The minimum atomic E-state index is 0.749. The average Bonchev–Trinajstić information content (AvgIpc) is 2.14. The van der Waals surface area contributed by atoms with Gasteiger partial charge in [-0.05, 0) is 17.6 Å². The van der Waals surface area contributed by atoms with Gasteiger partial charge < -0.3 is 0 Å². The second kappa shape index (κ2) is 2.80. The summed E-state index contributed by atoms with van der Waals surface area (Å²) in [6.07, 6.45) is 0. The quantitative estimate of drug-likeness (QED) is 0.652. The fourth-order valence-electron chi connectivity index (χ4n) is 0.349. The lowest BCUT2D eigenvalue weighted by Crippen LogP contribution is -1.68. The van der Waals surface area contributed by atoms with E-state index in [1.54, 1.807) is 0 Å². The molecule has 4 heteroatoms. The van der Waals surface area contributed by atoms with E-state index in [4.69, 9.17) is 11.6 Å². The highest BCUT2D eigenvalue weighted by Crippen LogP contribution is 2.16. The molecule has 0 atom stereocenters. The maximum absolute atomic E-state index is 5.57. The minimum Gasteiger partial charge on any atom is -0.195 e. The monoisotopic (exact) mass is 211 g/mol. The number of nitrogens with zero attached hydrogens (tertiary/aromatic N) is 1. The largest absolute Gasteiger partial charge is 0.195 e. The van der Waals surface area contributed by atoms with Gasteiger partial charge in [-0.25, -0.2) is 0 Å². The van der Waals surface area contributed by atoms with Crippen LogP contribution >= 0.6 is 39.1 Å². The highest BCUT2D eigenvalue weighted by atomic mass is 79.9. The van der Waals surface area contributed by atoms with E-state index in [0.717, 1.165) is 15.4 Å². The van der Waals surface area contributed by atoms with Gasteiger partial charge in [-0.2, -0.15) is 4.37 Å². The Morgan fingerprint density at radius 3 is 2.88 bits per heavy atom. The van der Waals surface area contributed by atoms with Crippen molar-refractivity contribution in [3.8, 4) is 0 Å². The van der Waals surface area contributed by atoms with Crippen LogP contribution in [0.4, 0.5) is 0 Å². The standard InChI is InChI=1S/C4H3BrClNS/c5-2-3-1-4(6)8-7-3/h1H,2H2. The van der Waals surface area contributed by atoms with E-state index in [9.17, 15) is 0 Å². The van der Waals surface area contributed by atoms with E-state index in [1.807, 2.05) is 6.07 Å². The van der Waals surface area contributed by atoms with E-state index in [1.165, 1.54) is 11.5 Å². The minimum absolute atomic E-state index is 0.749. The Morgan fingerprint density at radius 1 is 1.88 bits per heavy atom. The number of hydrogen-bond acceptors (Lipinski definition) is 2. The molecule has 1 aromatic rings. The van der Waals surface area contributed by atoms with Crippen LogP contribution in [-0.2, 0) is 5.33 Å². The predicted molar refractivity (Wildman–Crippen MR) is 39.8 cm³/mol. The molecule has 0 saturated heterocycles. The zero-order chi connectivity index (χ0) is 5.98. The Labute approximate surface area is 65.0 Å². The second-order valence-electron chi connectivity index (χ2n) is 1.26. The van der Waals surface area contributed by atoms with Crippen molar-refractivity contribution in [1.82, 2.24) is 4.37 Å². The first-order valence-corrected chi connectivity index (χ1v) is 4.27. The van der Waals surface area contributed by atoms with Gasteiger partial charge >= 0.3 is 0 Å². The van der Waals surface area contributed by atoms with Gasteiger partial charge in [0.05, 0.1) is 5.69 Å². The molecule has 0 N–H and O–H groups in total. The molecule has 1 aromatic heterocycles. The lowest BCUT2D eigenvalue weighted by atomic mass is 10.5. The summed E-state index contributed by atoms with van der Waals surface area (Å²) < 4.78 is 4.75. The van der Waals surface area contributed by atoms with Crippen LogP contribution in [0.2, 0.25) is 4.34 Å². The van der Waals surface area contributed by atoms with Crippen molar-refractivity contribution in [2.75, 3.05) is 0 Å². The van der Waals surface area contributed by atoms with Gasteiger partial charge in [0.1, 0.15) is 4.34 Å². The first kappa shape index (κ1) is 6.52. The molecule has 0 amide bonds. The van der Waals surface area contributed by atoms with E-state index in [-0.39, 0.29) is 0 Å². The fraction of sp³-hybridized carbons (Fsp3) is 0.250. The smallest absolute Gasteiger partial charge is 0.114 e. The number of aromatic nitrogens is 1. The van der Waals surface area contributed by atoms with Gasteiger partial charge in [-0.15, -0.1) is 0 Å². The highest BCUT2D eigenvalue weighted by molar-refractivity contribution is 9.08. The third-order valence-electron chi connectivity index (χ3n) is 0.667. The van der Waals surface area contributed by atoms with E-state index in [0.29, 0.717) is 0 Å². The molecule has 0 saturated carbocycles. The maximum Gasteiger partial charge on any atom is 0.114 e. The SMILES string of the molecule is Clc1cc(CBr)ns1. The Kier molecular flexibility index (Phi) is 2.28. The third-order valence-corrected chi connectivity index (χ3v) is 2.18. The predicted octanol–water partition coefficient (Wildman–Crippen LogP) is 2.69. The van der Waals surface area contributed by atoms with Crippen LogP contribution in [0.1, 0.15) is 5.69 Å². The maximum atomic E-state index is 5.57. The molecular formula is C4H3BrClNS. The molecular weight excluding hydrogens is 209 g/mol. The lowest BCUT2D eigenvalue weighted by molar-refractivity contribution is 1.32. The van der Waals surface area contributed by atoms with Gasteiger partial charge in [0.15, 0.2) is 0 Å². The molecule has 0 aliphatic carbocycles. The van der Waals surface area contributed by atoms with Gasteiger partial charge in [-0.3, -0.25) is 0 Å². The number of rotatable bonds is 1. The van der Waals surface area contributed by atoms with Crippen LogP contribution in [0.25, 0.3) is 0 Å². The van der Waals surface area contributed by atoms with Crippen molar-refractivity contribution in [1.29, 1.82) is 0 Å². The molecule has 0 bridgehead atoms. The summed E-state index contributed by atoms with van der Waals surface area (Å²) in [6, 6.07) is 1.85. The number of hydrogen-bond donors (Lipinski definition) is 0. The van der Waals surface area contributed by atoms with Gasteiger partial charge in [0, 0.05) is 5.33 Å². The summed E-state index contributed by atoms with van der Waals surface area (Å²) in [5.41, 5.74) is 1.00. The zero-order valence-electron chi connectivity index (χ0n) is 3.90. The molecule has 8 heavy (non-hydrogen) atoms. The van der Waals surface area contributed by atoms with Crippen LogP contribution in [-0.4, -0.2) is 4.37 Å². The van der Waals surface area contributed by atoms with Crippen molar-refractivity contribution in [3.05, 3.63) is 16.1 Å². The van der Waals surface area contributed by atoms with Crippen molar-refractivity contribution in [3.63, 3.8) is 0 Å². The van der Waals surface area contributed by atoms with Gasteiger partial charge in [0.25, 0.3) is 0 Å². The molecule has 0 aliphatic heterocycles. The Balaban J connectivity index is 2.84. The summed E-state index contributed by atoms with van der Waals surface area (Å²) >= 11 is 10.1. The summed E-state index contributed by atoms with van der Waals surface area (Å²) in [6.45, 7) is 0. The second-order valence-corrected chi connectivity index (χ2v) is 3.25. The molecule has 44 valence electrons. The molecule has 0 aliphatic rings. The van der Waals surface area contributed by atoms with Crippen molar-refractivity contribution in [2.45, 2.75) is 5.33 Å². The number of alkyl halides is 1. The first-order chi connectivity index (χ1) is 3.83. The van der Waals surface area contributed by atoms with Crippen molar-refractivity contribution >= 4 is 39.1 Å². The van der Waals surface area contributed by atoms with Crippen LogP contribution < -0.4 is 0 Å². The summed E-state index contributed by atoms with van der Waals surface area (Å²) in [4.78, 5) is 0. The average molecular weight is 212 g/mol. The topological polar surface area (TPSA) is 12.9 Å². The molecule has 0 unspecified atom stereocenters. The molecule has 1 rings (SSSR count). The van der Waals surface area contributed by atoms with E-state index in [2.05, 4.69) is 20.3 Å². The summed E-state index contributed by atoms with van der Waals surface area (Å²) in [5.74, 6) is 0. The van der Waals surface area contributed by atoms with Crippen LogP contribution in [0.3, 0.4) is 0 Å². The van der Waals surface area contributed by atoms with Gasteiger partial charge in [0.2, 0.25) is 0 Å². The Bertz CT molecular complexity index is 176. The van der Waals surface area contributed by atoms with Gasteiger partial charge in [-0.1, -0.05) is 27.5 Å². The van der Waals surface area contributed by atoms with Crippen molar-refractivity contribution in [2.24, 2.45) is 0 Å². The summed E-state index contributed by atoms with van der Waals surface area (Å²) in [5, 5.41) is 0.788. The Morgan fingerprint density at radius 2 is 2.62 bits per heavy atom. The fourth-order valence-corrected chi connectivity index (χ4v) is 1.54. The zero-order valence-corrected chi connectivity index (χ0v) is 7.05. The molecule has 1 nitrogen and oxygen atoms in total. The molecule has 0 radical (unpaired) electrons. The van der Waals surface area contributed by atoms with E-state index < -0.39 is 0 Å². The lowest BCUT2D eigenvalue weighted by Gasteiger charge is -1.75. The molecule has 0 fully saturated rings. The van der Waals surface area contributed by atoms with Crippen LogP contribution in [0, 0.1) is 0 Å². The number of halogens is 2. The third kappa shape index (κ3) is 1.44. The van der Waals surface area contributed by atoms with E-state index >= 15 is 0 Å². The van der Waals surface area contributed by atoms with Crippen LogP contribution in [0.5, 0.6) is 0 Å². The van der Waals surface area contributed by atoms with Crippen molar-refractivity contribution < 1.29 is 0 Å². The summed E-state index contributed by atoms with van der Waals surface area (Å²) in [7, 11) is 0. The molecule has 0 spiro atoms. The Hall–Kier alpha value is 0.400. The van der Waals surface area contributed by atoms with Crippen LogP contribution in [0.15, 0.2) is 6.07 Å². The normalized spacial score (nSPS) is 9.75. The molecule has 0 aromatic carbocycles. The molecule has 1 heterocycles.